The molecular weight excluding hydrogens is 276 g/mol. The molecular formula is C15H21ClN2O2. The van der Waals surface area contributed by atoms with Crippen LogP contribution in [0.5, 0.6) is 0 Å². The van der Waals surface area contributed by atoms with Crippen LogP contribution in [-0.4, -0.2) is 29.8 Å². The van der Waals surface area contributed by atoms with Crippen molar-refractivity contribution in [1.29, 1.82) is 0 Å². The Balaban J connectivity index is 2.69. The molecule has 5 heteroatoms. The van der Waals surface area contributed by atoms with Crippen molar-refractivity contribution in [2.24, 2.45) is 0 Å². The molecule has 0 saturated carbocycles. The number of carbonyl (C=O) groups is 2. The van der Waals surface area contributed by atoms with Crippen LogP contribution >= 0.6 is 11.6 Å². The first-order chi connectivity index (χ1) is 9.60. The van der Waals surface area contributed by atoms with Gasteiger partial charge >= 0.3 is 11.8 Å². The van der Waals surface area contributed by atoms with Gasteiger partial charge in [-0.2, -0.15) is 0 Å². The third kappa shape index (κ3) is 4.85. The minimum absolute atomic E-state index is 0.421. The highest BCUT2D eigenvalue weighted by Crippen LogP contribution is 2.20. The fourth-order valence-electron chi connectivity index (χ4n) is 1.82. The van der Waals surface area contributed by atoms with Crippen molar-refractivity contribution in [3.8, 4) is 0 Å². The lowest BCUT2D eigenvalue weighted by atomic mass is 10.2. The van der Waals surface area contributed by atoms with Crippen LogP contribution in [0.15, 0.2) is 24.3 Å². The molecule has 0 spiro atoms. The van der Waals surface area contributed by atoms with Crippen molar-refractivity contribution in [2.75, 3.05) is 18.4 Å². The summed E-state index contributed by atoms with van der Waals surface area (Å²) in [6.45, 7) is 5.24. The molecule has 1 aromatic carbocycles. The maximum atomic E-state index is 12.1. The molecule has 2 amide bonds. The van der Waals surface area contributed by atoms with Crippen LogP contribution in [0.2, 0.25) is 5.02 Å². The molecule has 0 aliphatic heterocycles. The number of nitrogens with zero attached hydrogens (tertiary/aromatic N) is 1. The van der Waals surface area contributed by atoms with E-state index in [1.165, 1.54) is 0 Å². The molecule has 0 radical (unpaired) electrons. The van der Waals surface area contributed by atoms with Gasteiger partial charge in [-0.15, -0.1) is 0 Å². The van der Waals surface area contributed by atoms with Crippen LogP contribution < -0.4 is 5.32 Å². The summed E-state index contributed by atoms with van der Waals surface area (Å²) >= 11 is 5.96. The van der Waals surface area contributed by atoms with Gasteiger partial charge < -0.3 is 10.2 Å². The van der Waals surface area contributed by atoms with Crippen LogP contribution in [0.4, 0.5) is 5.69 Å². The van der Waals surface area contributed by atoms with Gasteiger partial charge in [0, 0.05) is 13.1 Å². The molecule has 20 heavy (non-hydrogen) atoms. The number of para-hydroxylation sites is 1. The van der Waals surface area contributed by atoms with E-state index in [9.17, 15) is 9.59 Å². The van der Waals surface area contributed by atoms with Crippen LogP contribution in [0, 0.1) is 0 Å². The summed E-state index contributed by atoms with van der Waals surface area (Å²) in [4.78, 5) is 25.7. The van der Waals surface area contributed by atoms with Gasteiger partial charge in [0.2, 0.25) is 0 Å². The van der Waals surface area contributed by atoms with Crippen molar-refractivity contribution in [2.45, 2.75) is 33.1 Å². The predicted octanol–water partition coefficient (Wildman–Crippen LogP) is 3.32. The molecule has 1 rings (SSSR count). The Kier molecular flexibility index (Phi) is 7.09. The number of carbonyl (C=O) groups excluding carboxylic acids is 2. The molecule has 0 atom stereocenters. The maximum absolute atomic E-state index is 12.1. The maximum Gasteiger partial charge on any atom is 0.313 e. The Hall–Kier alpha value is -1.55. The highest BCUT2D eigenvalue weighted by atomic mass is 35.5. The summed E-state index contributed by atoms with van der Waals surface area (Å²) in [7, 11) is 0. The fourth-order valence-corrected chi connectivity index (χ4v) is 2.00. The number of amides is 2. The average Bonchev–Trinajstić information content (AvgIpc) is 2.45. The predicted molar refractivity (Wildman–Crippen MR) is 81.9 cm³/mol. The summed E-state index contributed by atoms with van der Waals surface area (Å²) in [5.74, 6) is -1.14. The molecule has 1 N–H and O–H groups in total. The molecule has 4 nitrogen and oxygen atoms in total. The van der Waals surface area contributed by atoms with Crippen LogP contribution in [0.3, 0.4) is 0 Å². The van der Waals surface area contributed by atoms with Gasteiger partial charge in [-0.25, -0.2) is 0 Å². The van der Waals surface area contributed by atoms with Crippen molar-refractivity contribution >= 4 is 29.1 Å². The number of anilines is 1. The summed E-state index contributed by atoms with van der Waals surface area (Å²) < 4.78 is 0. The second-order valence-corrected chi connectivity index (χ2v) is 4.99. The first-order valence-corrected chi connectivity index (χ1v) is 7.32. The Morgan fingerprint density at radius 1 is 1.15 bits per heavy atom. The normalized spacial score (nSPS) is 10.2. The molecule has 0 aliphatic carbocycles. The van der Waals surface area contributed by atoms with E-state index in [4.69, 9.17) is 11.6 Å². The molecule has 0 bridgehead atoms. The zero-order chi connectivity index (χ0) is 15.0. The van der Waals surface area contributed by atoms with E-state index in [-0.39, 0.29) is 0 Å². The second-order valence-electron chi connectivity index (χ2n) is 4.58. The number of rotatable bonds is 6. The third-order valence-electron chi connectivity index (χ3n) is 2.88. The van der Waals surface area contributed by atoms with Gasteiger partial charge in [-0.3, -0.25) is 9.59 Å². The summed E-state index contributed by atoms with van der Waals surface area (Å²) in [5.41, 5.74) is 0.458. The number of hydrogen-bond acceptors (Lipinski definition) is 2. The Morgan fingerprint density at radius 2 is 1.85 bits per heavy atom. The Bertz CT molecular complexity index is 463. The van der Waals surface area contributed by atoms with Crippen LogP contribution in [0.1, 0.15) is 33.1 Å². The molecule has 0 aliphatic rings. The molecule has 0 saturated heterocycles. The van der Waals surface area contributed by atoms with E-state index >= 15 is 0 Å². The highest BCUT2D eigenvalue weighted by molar-refractivity contribution is 6.41. The lowest BCUT2D eigenvalue weighted by Gasteiger charge is -2.21. The fraction of sp³-hybridized carbons (Fsp3) is 0.467. The lowest BCUT2D eigenvalue weighted by molar-refractivity contribution is -0.143. The van der Waals surface area contributed by atoms with E-state index < -0.39 is 11.8 Å². The molecule has 0 fully saturated rings. The van der Waals surface area contributed by atoms with Crippen molar-refractivity contribution in [3.63, 3.8) is 0 Å². The standard InChI is InChI=1S/C15H21ClN2O2/c1-3-5-11-18(10-4-2)15(20)14(19)17-13-9-7-6-8-12(13)16/h6-9H,3-5,10-11H2,1-2H3,(H,17,19). The third-order valence-corrected chi connectivity index (χ3v) is 3.21. The zero-order valence-corrected chi connectivity index (χ0v) is 12.7. The molecule has 1 aromatic rings. The van der Waals surface area contributed by atoms with Gasteiger partial charge in [-0.1, -0.05) is 44.0 Å². The average molecular weight is 297 g/mol. The van der Waals surface area contributed by atoms with Gasteiger partial charge in [0.05, 0.1) is 10.7 Å². The van der Waals surface area contributed by atoms with E-state index in [1.54, 1.807) is 29.2 Å². The second kappa shape index (κ2) is 8.59. The van der Waals surface area contributed by atoms with Gasteiger partial charge in [-0.05, 0) is 25.0 Å². The smallest absolute Gasteiger partial charge is 0.313 e. The van der Waals surface area contributed by atoms with E-state index in [2.05, 4.69) is 12.2 Å². The summed E-state index contributed by atoms with van der Waals surface area (Å²) in [6, 6.07) is 6.86. The number of hydrogen-bond donors (Lipinski definition) is 1. The molecule has 110 valence electrons. The molecule has 0 heterocycles. The van der Waals surface area contributed by atoms with E-state index in [1.807, 2.05) is 6.92 Å². The van der Waals surface area contributed by atoms with E-state index in [0.29, 0.717) is 23.8 Å². The molecule has 0 unspecified atom stereocenters. The number of unbranched alkanes of at least 4 members (excludes halogenated alkanes) is 1. The Labute approximate surface area is 125 Å². The minimum Gasteiger partial charge on any atom is -0.334 e. The minimum atomic E-state index is -0.636. The van der Waals surface area contributed by atoms with Gasteiger partial charge in [0.1, 0.15) is 0 Å². The van der Waals surface area contributed by atoms with Crippen molar-refractivity contribution < 1.29 is 9.59 Å². The van der Waals surface area contributed by atoms with Crippen LogP contribution in [-0.2, 0) is 9.59 Å². The summed E-state index contributed by atoms with van der Waals surface area (Å²) in [6.07, 6.45) is 2.71. The SMILES string of the molecule is CCCCN(CCC)C(=O)C(=O)Nc1ccccc1Cl. The number of halogens is 1. The lowest BCUT2D eigenvalue weighted by Crippen LogP contribution is -2.40. The summed E-state index contributed by atoms with van der Waals surface area (Å²) in [5, 5.41) is 2.98. The number of nitrogens with one attached hydrogen (secondary N) is 1. The Morgan fingerprint density at radius 3 is 2.45 bits per heavy atom. The monoisotopic (exact) mass is 296 g/mol. The quantitative estimate of drug-likeness (QED) is 0.819. The van der Waals surface area contributed by atoms with Crippen molar-refractivity contribution in [3.05, 3.63) is 29.3 Å². The zero-order valence-electron chi connectivity index (χ0n) is 12.0. The van der Waals surface area contributed by atoms with Gasteiger partial charge in [0.15, 0.2) is 0 Å². The highest BCUT2D eigenvalue weighted by Gasteiger charge is 2.21. The van der Waals surface area contributed by atoms with E-state index in [0.717, 1.165) is 19.3 Å². The van der Waals surface area contributed by atoms with Crippen molar-refractivity contribution in [1.82, 2.24) is 4.90 Å². The first-order valence-electron chi connectivity index (χ1n) is 6.94. The number of benzene rings is 1. The molecule has 0 aromatic heterocycles. The van der Waals surface area contributed by atoms with Gasteiger partial charge in [0.25, 0.3) is 0 Å². The topological polar surface area (TPSA) is 49.4 Å². The largest absolute Gasteiger partial charge is 0.334 e. The first kappa shape index (κ1) is 16.5. The van der Waals surface area contributed by atoms with Crippen LogP contribution in [0.25, 0.3) is 0 Å².